The molecule has 0 spiro atoms. The van der Waals surface area contributed by atoms with Crippen molar-refractivity contribution >= 4 is 11.8 Å². The Balaban J connectivity index is 2.02. The average molecular weight is 262 g/mol. The highest BCUT2D eigenvalue weighted by molar-refractivity contribution is 5.84. The van der Waals surface area contributed by atoms with Crippen LogP contribution in [0.25, 0.3) is 0 Å². The summed E-state index contributed by atoms with van der Waals surface area (Å²) in [7, 11) is 1.83. The van der Waals surface area contributed by atoms with Crippen molar-refractivity contribution in [2.45, 2.75) is 37.8 Å². The molecule has 102 valence electrons. The lowest BCUT2D eigenvalue weighted by Crippen LogP contribution is -2.48. The van der Waals surface area contributed by atoms with Crippen molar-refractivity contribution in [2.24, 2.45) is 18.7 Å². The Bertz CT molecular complexity index is 520. The first-order chi connectivity index (χ1) is 9.09. The lowest BCUT2D eigenvalue weighted by atomic mass is 9.86. The van der Waals surface area contributed by atoms with E-state index in [-0.39, 0.29) is 29.8 Å². The smallest absolute Gasteiger partial charge is 0.223 e. The third-order valence-electron chi connectivity index (χ3n) is 4.11. The van der Waals surface area contributed by atoms with E-state index in [0.717, 1.165) is 18.5 Å². The minimum atomic E-state index is -0.329. The number of carbonyl (C=O) groups excluding carboxylic acids is 2. The highest BCUT2D eigenvalue weighted by Gasteiger charge is 2.46. The molecule has 1 aromatic heterocycles. The normalized spacial score (nSPS) is 27.6. The van der Waals surface area contributed by atoms with Crippen LogP contribution in [-0.2, 0) is 16.6 Å². The summed E-state index contributed by atoms with van der Waals surface area (Å²) in [5.74, 6) is -0.510. The van der Waals surface area contributed by atoms with Crippen molar-refractivity contribution in [1.29, 1.82) is 0 Å². The van der Waals surface area contributed by atoms with Crippen LogP contribution in [0.3, 0.4) is 0 Å². The van der Waals surface area contributed by atoms with Crippen molar-refractivity contribution in [2.75, 3.05) is 0 Å². The number of rotatable bonds is 3. The molecule has 3 rings (SSSR count). The summed E-state index contributed by atoms with van der Waals surface area (Å²) < 4.78 is 1.73. The predicted octanol–water partition coefficient (Wildman–Crippen LogP) is 0.347. The Kier molecular flexibility index (Phi) is 2.80. The van der Waals surface area contributed by atoms with Crippen LogP contribution in [0.1, 0.15) is 37.4 Å². The van der Waals surface area contributed by atoms with Gasteiger partial charge >= 0.3 is 0 Å². The highest BCUT2D eigenvalue weighted by atomic mass is 16.2. The van der Waals surface area contributed by atoms with E-state index in [0.29, 0.717) is 12.8 Å². The summed E-state index contributed by atoms with van der Waals surface area (Å²) in [5, 5.41) is 4.15. The van der Waals surface area contributed by atoms with Gasteiger partial charge in [-0.05, 0) is 25.3 Å². The molecule has 0 unspecified atom stereocenters. The molecule has 0 aromatic carbocycles. The maximum Gasteiger partial charge on any atom is 0.223 e. The van der Waals surface area contributed by atoms with Crippen molar-refractivity contribution in [3.63, 3.8) is 0 Å². The number of aromatic nitrogens is 2. The van der Waals surface area contributed by atoms with E-state index in [1.807, 2.05) is 18.0 Å². The van der Waals surface area contributed by atoms with Crippen LogP contribution < -0.4 is 5.73 Å². The number of amides is 2. The molecule has 6 nitrogen and oxygen atoms in total. The monoisotopic (exact) mass is 262 g/mol. The second-order valence-electron chi connectivity index (χ2n) is 5.40. The second kappa shape index (κ2) is 4.36. The third-order valence-corrected chi connectivity index (χ3v) is 4.11. The SMILES string of the molecule is Cn1nccc1[C@@H]1[C@@H](C(N)=O)CCC(=O)N1C1CC1. The molecular formula is C13H18N4O2. The molecule has 1 saturated heterocycles. The number of hydrogen-bond acceptors (Lipinski definition) is 3. The zero-order chi connectivity index (χ0) is 13.6. The number of nitrogens with two attached hydrogens (primary N) is 1. The topological polar surface area (TPSA) is 81.2 Å². The Hall–Kier alpha value is -1.85. The van der Waals surface area contributed by atoms with Crippen LogP contribution in [0.5, 0.6) is 0 Å². The fraction of sp³-hybridized carbons (Fsp3) is 0.615. The maximum atomic E-state index is 12.2. The van der Waals surface area contributed by atoms with Crippen molar-refractivity contribution < 1.29 is 9.59 Å². The second-order valence-corrected chi connectivity index (χ2v) is 5.40. The van der Waals surface area contributed by atoms with Crippen molar-refractivity contribution in [3.8, 4) is 0 Å². The van der Waals surface area contributed by atoms with Gasteiger partial charge in [-0.15, -0.1) is 0 Å². The minimum absolute atomic E-state index is 0.131. The van der Waals surface area contributed by atoms with Gasteiger partial charge in [-0.2, -0.15) is 5.10 Å². The largest absolute Gasteiger partial charge is 0.369 e. The fourth-order valence-electron chi connectivity index (χ4n) is 3.02. The van der Waals surface area contributed by atoms with Crippen LogP contribution in [0, 0.1) is 5.92 Å². The standard InChI is InChI=1S/C13H18N4O2/c1-16-10(6-7-15-16)12-9(13(14)19)4-5-11(18)17(12)8-2-3-8/h6-9,12H,2-5H2,1H3,(H2,14,19)/t9-,12-/m0/s1. The molecule has 1 aliphatic carbocycles. The Morgan fingerprint density at radius 1 is 1.42 bits per heavy atom. The van der Waals surface area contributed by atoms with E-state index < -0.39 is 0 Å². The molecule has 2 N–H and O–H groups in total. The van der Waals surface area contributed by atoms with Gasteiger partial charge in [0.2, 0.25) is 11.8 Å². The molecule has 6 heteroatoms. The molecular weight excluding hydrogens is 244 g/mol. The summed E-state index contributed by atoms with van der Waals surface area (Å²) in [6, 6.07) is 1.89. The number of likely N-dealkylation sites (tertiary alicyclic amines) is 1. The molecule has 2 amide bonds. The molecule has 2 heterocycles. The van der Waals surface area contributed by atoms with E-state index in [2.05, 4.69) is 5.10 Å². The number of hydrogen-bond donors (Lipinski definition) is 1. The minimum Gasteiger partial charge on any atom is -0.369 e. The first-order valence-electron chi connectivity index (χ1n) is 6.68. The predicted molar refractivity (Wildman–Crippen MR) is 67.7 cm³/mol. The number of primary amides is 1. The lowest BCUT2D eigenvalue weighted by Gasteiger charge is -2.40. The summed E-state index contributed by atoms with van der Waals surface area (Å²) >= 11 is 0. The van der Waals surface area contributed by atoms with Crippen molar-refractivity contribution in [1.82, 2.24) is 14.7 Å². The van der Waals surface area contributed by atoms with Crippen LogP contribution in [0.2, 0.25) is 0 Å². The maximum absolute atomic E-state index is 12.2. The zero-order valence-electron chi connectivity index (χ0n) is 11.0. The van der Waals surface area contributed by atoms with Crippen LogP contribution >= 0.6 is 0 Å². The van der Waals surface area contributed by atoms with Gasteiger partial charge < -0.3 is 10.6 Å². The van der Waals surface area contributed by atoms with E-state index in [1.165, 1.54) is 0 Å². The van der Waals surface area contributed by atoms with Gasteiger partial charge in [0.15, 0.2) is 0 Å². The van der Waals surface area contributed by atoms with Crippen molar-refractivity contribution in [3.05, 3.63) is 18.0 Å². The highest BCUT2D eigenvalue weighted by Crippen LogP contribution is 2.43. The quantitative estimate of drug-likeness (QED) is 0.853. The summed E-state index contributed by atoms with van der Waals surface area (Å²) in [5.41, 5.74) is 6.43. The Morgan fingerprint density at radius 2 is 2.16 bits per heavy atom. The Labute approximate surface area is 111 Å². The number of carbonyl (C=O) groups is 2. The van der Waals surface area contributed by atoms with Gasteiger partial charge in [-0.3, -0.25) is 14.3 Å². The fourth-order valence-corrected chi connectivity index (χ4v) is 3.02. The molecule has 2 fully saturated rings. The summed E-state index contributed by atoms with van der Waals surface area (Å²) in [4.78, 5) is 25.8. The third kappa shape index (κ3) is 2.01. The first kappa shape index (κ1) is 12.2. The van der Waals surface area contributed by atoms with E-state index in [9.17, 15) is 9.59 Å². The molecule has 1 aliphatic heterocycles. The molecule has 1 saturated carbocycles. The van der Waals surface area contributed by atoms with Gasteiger partial charge in [0.25, 0.3) is 0 Å². The molecule has 1 aromatic rings. The van der Waals surface area contributed by atoms with E-state index in [4.69, 9.17) is 5.73 Å². The Morgan fingerprint density at radius 3 is 2.68 bits per heavy atom. The number of aryl methyl sites for hydroxylation is 1. The molecule has 2 aliphatic rings. The molecule has 2 atom stereocenters. The summed E-state index contributed by atoms with van der Waals surface area (Å²) in [6.07, 6.45) is 4.68. The molecule has 0 radical (unpaired) electrons. The van der Waals surface area contributed by atoms with Gasteiger partial charge in [-0.1, -0.05) is 0 Å². The zero-order valence-corrected chi connectivity index (χ0v) is 11.0. The van der Waals surface area contributed by atoms with E-state index >= 15 is 0 Å². The average Bonchev–Trinajstić information content (AvgIpc) is 3.10. The van der Waals surface area contributed by atoms with Gasteiger partial charge in [0, 0.05) is 25.7 Å². The van der Waals surface area contributed by atoms with E-state index in [1.54, 1.807) is 10.9 Å². The first-order valence-corrected chi connectivity index (χ1v) is 6.68. The summed E-state index contributed by atoms with van der Waals surface area (Å²) in [6.45, 7) is 0. The van der Waals surface area contributed by atoms with Gasteiger partial charge in [-0.25, -0.2) is 0 Å². The van der Waals surface area contributed by atoms with Crippen LogP contribution in [0.4, 0.5) is 0 Å². The van der Waals surface area contributed by atoms with Crippen LogP contribution in [0.15, 0.2) is 12.3 Å². The van der Waals surface area contributed by atoms with Crippen LogP contribution in [-0.4, -0.2) is 32.5 Å². The van der Waals surface area contributed by atoms with Gasteiger partial charge in [0.1, 0.15) is 0 Å². The number of piperidine rings is 1. The van der Waals surface area contributed by atoms with Gasteiger partial charge in [0.05, 0.1) is 17.7 Å². The number of nitrogens with zero attached hydrogens (tertiary/aromatic N) is 3. The molecule has 19 heavy (non-hydrogen) atoms. The molecule has 0 bridgehead atoms. The lowest BCUT2D eigenvalue weighted by molar-refractivity contribution is -0.143.